The van der Waals surface area contributed by atoms with Crippen LogP contribution >= 0.6 is 0 Å². The Bertz CT molecular complexity index is 626. The Balaban J connectivity index is 1.58. The normalized spacial score (nSPS) is 26.1. The summed E-state index contributed by atoms with van der Waals surface area (Å²) in [5.41, 5.74) is 0.630. The average Bonchev–Trinajstić information content (AvgIpc) is 2.68. The molecule has 3 atom stereocenters. The van der Waals surface area contributed by atoms with Crippen molar-refractivity contribution in [2.45, 2.75) is 51.0 Å². The lowest BCUT2D eigenvalue weighted by Gasteiger charge is -2.26. The monoisotopic (exact) mass is 361 g/mol. The number of aliphatic carboxylic acids is 1. The highest BCUT2D eigenvalue weighted by molar-refractivity contribution is 5.94. The fraction of sp³-hybridized carbons (Fsp3) is 0.600. The molecule has 1 amide bonds. The summed E-state index contributed by atoms with van der Waals surface area (Å²) in [5.74, 6) is -0.991. The van der Waals surface area contributed by atoms with Crippen LogP contribution in [0.15, 0.2) is 24.3 Å². The summed E-state index contributed by atoms with van der Waals surface area (Å²) in [6, 6.07) is 7.36. The third kappa shape index (κ3) is 4.97. The standard InChI is InChI=1S/C20H27NO5/c22-19(14-6-5-7-15(12-14)20(23)24)21-17-9-1-2-10-18(17)26-13-16-8-3-4-11-25-16/h1-2,9-10,14-16H,3-8,11-13H2,(H,21,22)(H,23,24). The van der Waals surface area contributed by atoms with E-state index in [1.807, 2.05) is 24.3 Å². The number of carboxylic acids is 1. The molecule has 26 heavy (non-hydrogen) atoms. The molecular formula is C20H27NO5. The lowest BCUT2D eigenvalue weighted by molar-refractivity contribution is -0.143. The van der Waals surface area contributed by atoms with Crippen LogP contribution in [0.4, 0.5) is 5.69 Å². The summed E-state index contributed by atoms with van der Waals surface area (Å²) < 4.78 is 11.6. The molecular weight excluding hydrogens is 334 g/mol. The molecule has 0 spiro atoms. The predicted molar refractivity (Wildman–Crippen MR) is 97.2 cm³/mol. The number of rotatable bonds is 6. The van der Waals surface area contributed by atoms with Gasteiger partial charge in [-0.3, -0.25) is 9.59 Å². The number of para-hydroxylation sites is 2. The highest BCUT2D eigenvalue weighted by Gasteiger charge is 2.31. The highest BCUT2D eigenvalue weighted by atomic mass is 16.5. The molecule has 1 heterocycles. The number of carbonyl (C=O) groups is 2. The summed E-state index contributed by atoms with van der Waals surface area (Å²) in [5, 5.41) is 12.1. The van der Waals surface area contributed by atoms with Gasteiger partial charge in [-0.05, 0) is 50.7 Å². The van der Waals surface area contributed by atoms with Crippen molar-refractivity contribution in [2.24, 2.45) is 11.8 Å². The zero-order valence-corrected chi connectivity index (χ0v) is 15.0. The molecule has 2 fully saturated rings. The minimum Gasteiger partial charge on any atom is -0.489 e. The topological polar surface area (TPSA) is 84.9 Å². The van der Waals surface area contributed by atoms with Crippen LogP contribution in [0.5, 0.6) is 5.75 Å². The number of ether oxygens (including phenoxy) is 2. The number of hydrogen-bond acceptors (Lipinski definition) is 4. The van der Waals surface area contributed by atoms with E-state index in [2.05, 4.69) is 5.32 Å². The first-order valence-electron chi connectivity index (χ1n) is 9.50. The van der Waals surface area contributed by atoms with Crippen LogP contribution in [-0.4, -0.2) is 36.3 Å². The first-order chi connectivity index (χ1) is 12.6. The van der Waals surface area contributed by atoms with Gasteiger partial charge in [-0.1, -0.05) is 18.6 Å². The number of carbonyl (C=O) groups excluding carboxylic acids is 1. The molecule has 1 aliphatic heterocycles. The third-order valence-electron chi connectivity index (χ3n) is 5.24. The Kier molecular flexibility index (Phi) is 6.50. The maximum absolute atomic E-state index is 12.6. The zero-order chi connectivity index (χ0) is 18.4. The van der Waals surface area contributed by atoms with Crippen LogP contribution in [0.2, 0.25) is 0 Å². The molecule has 1 saturated carbocycles. The molecule has 6 heteroatoms. The van der Waals surface area contributed by atoms with E-state index in [0.29, 0.717) is 30.9 Å². The quantitative estimate of drug-likeness (QED) is 0.810. The van der Waals surface area contributed by atoms with E-state index in [1.54, 1.807) is 0 Å². The molecule has 142 valence electrons. The third-order valence-corrected chi connectivity index (χ3v) is 5.24. The van der Waals surface area contributed by atoms with Crippen LogP contribution in [-0.2, 0) is 14.3 Å². The molecule has 6 nitrogen and oxygen atoms in total. The molecule has 1 saturated heterocycles. The van der Waals surface area contributed by atoms with Gasteiger partial charge in [-0.2, -0.15) is 0 Å². The van der Waals surface area contributed by atoms with Gasteiger partial charge < -0.3 is 19.9 Å². The second-order valence-electron chi connectivity index (χ2n) is 7.18. The van der Waals surface area contributed by atoms with Crippen molar-refractivity contribution in [3.05, 3.63) is 24.3 Å². The summed E-state index contributed by atoms with van der Waals surface area (Å²) in [4.78, 5) is 23.8. The maximum atomic E-state index is 12.6. The van der Waals surface area contributed by atoms with E-state index in [4.69, 9.17) is 9.47 Å². The minimum absolute atomic E-state index is 0.0992. The fourth-order valence-corrected chi connectivity index (χ4v) is 3.70. The van der Waals surface area contributed by atoms with Gasteiger partial charge >= 0.3 is 5.97 Å². The van der Waals surface area contributed by atoms with Gasteiger partial charge in [0.15, 0.2) is 0 Å². The van der Waals surface area contributed by atoms with Gasteiger partial charge in [0.05, 0.1) is 17.7 Å². The van der Waals surface area contributed by atoms with E-state index < -0.39 is 11.9 Å². The number of amides is 1. The molecule has 1 aromatic rings. The SMILES string of the molecule is O=C(O)C1CCCC(C(=O)Nc2ccccc2OCC2CCCCO2)C1. The number of anilines is 1. The maximum Gasteiger partial charge on any atom is 0.306 e. The van der Waals surface area contributed by atoms with E-state index in [1.165, 1.54) is 0 Å². The van der Waals surface area contributed by atoms with E-state index in [9.17, 15) is 14.7 Å². The van der Waals surface area contributed by atoms with E-state index in [-0.39, 0.29) is 17.9 Å². The van der Waals surface area contributed by atoms with Gasteiger partial charge in [-0.25, -0.2) is 0 Å². The molecule has 0 aromatic heterocycles. The van der Waals surface area contributed by atoms with Crippen LogP contribution in [0, 0.1) is 11.8 Å². The van der Waals surface area contributed by atoms with Crippen molar-refractivity contribution in [1.29, 1.82) is 0 Å². The smallest absolute Gasteiger partial charge is 0.306 e. The minimum atomic E-state index is -0.807. The Hall–Kier alpha value is -2.08. The van der Waals surface area contributed by atoms with E-state index in [0.717, 1.165) is 38.7 Å². The van der Waals surface area contributed by atoms with Crippen LogP contribution in [0.3, 0.4) is 0 Å². The highest BCUT2D eigenvalue weighted by Crippen LogP contribution is 2.32. The summed E-state index contributed by atoms with van der Waals surface area (Å²) in [7, 11) is 0. The number of benzene rings is 1. The van der Waals surface area contributed by atoms with Crippen molar-refractivity contribution in [3.63, 3.8) is 0 Å². The van der Waals surface area contributed by atoms with Crippen LogP contribution in [0.1, 0.15) is 44.9 Å². The van der Waals surface area contributed by atoms with Gasteiger partial charge in [0.2, 0.25) is 5.91 Å². The van der Waals surface area contributed by atoms with Gasteiger partial charge in [0, 0.05) is 12.5 Å². The molecule has 2 N–H and O–H groups in total. The second-order valence-corrected chi connectivity index (χ2v) is 7.18. The Morgan fingerprint density at radius 1 is 1.12 bits per heavy atom. The molecule has 0 bridgehead atoms. The largest absolute Gasteiger partial charge is 0.489 e. The van der Waals surface area contributed by atoms with Crippen molar-refractivity contribution >= 4 is 17.6 Å². The zero-order valence-electron chi connectivity index (χ0n) is 15.0. The summed E-state index contributed by atoms with van der Waals surface area (Å²) >= 11 is 0. The lowest BCUT2D eigenvalue weighted by Crippen LogP contribution is -2.31. The van der Waals surface area contributed by atoms with Gasteiger partial charge in [0.25, 0.3) is 0 Å². The predicted octanol–water partition coefficient (Wildman–Crippen LogP) is 3.46. The second kappa shape index (κ2) is 9.03. The number of carboxylic acid groups (broad SMARTS) is 1. The molecule has 1 aromatic carbocycles. The summed E-state index contributed by atoms with van der Waals surface area (Å²) in [6.07, 6.45) is 5.90. The first kappa shape index (κ1) is 18.7. The van der Waals surface area contributed by atoms with Crippen molar-refractivity contribution < 1.29 is 24.2 Å². The van der Waals surface area contributed by atoms with Crippen LogP contribution in [0.25, 0.3) is 0 Å². The Morgan fingerprint density at radius 2 is 1.92 bits per heavy atom. The molecule has 1 aliphatic carbocycles. The van der Waals surface area contributed by atoms with Crippen molar-refractivity contribution in [1.82, 2.24) is 0 Å². The molecule has 3 unspecified atom stereocenters. The van der Waals surface area contributed by atoms with Crippen LogP contribution < -0.4 is 10.1 Å². The first-order valence-corrected chi connectivity index (χ1v) is 9.50. The molecule has 3 rings (SSSR count). The molecule has 2 aliphatic rings. The molecule has 0 radical (unpaired) electrons. The van der Waals surface area contributed by atoms with Crippen molar-refractivity contribution in [3.8, 4) is 5.75 Å². The average molecular weight is 361 g/mol. The van der Waals surface area contributed by atoms with Gasteiger partial charge in [-0.15, -0.1) is 0 Å². The van der Waals surface area contributed by atoms with E-state index >= 15 is 0 Å². The Morgan fingerprint density at radius 3 is 2.69 bits per heavy atom. The number of nitrogens with one attached hydrogen (secondary N) is 1. The lowest BCUT2D eigenvalue weighted by atomic mass is 9.81. The fourth-order valence-electron chi connectivity index (χ4n) is 3.70. The summed E-state index contributed by atoms with van der Waals surface area (Å²) in [6.45, 7) is 1.25. The Labute approximate surface area is 153 Å². The van der Waals surface area contributed by atoms with Gasteiger partial charge in [0.1, 0.15) is 12.4 Å². The van der Waals surface area contributed by atoms with Crippen molar-refractivity contribution in [2.75, 3.05) is 18.5 Å². The number of hydrogen-bond donors (Lipinski definition) is 2.